The smallest absolute Gasteiger partial charge is 0.290 e. The molecule has 0 aliphatic carbocycles. The molecule has 0 saturated heterocycles. The molecule has 0 spiro atoms. The molecule has 2 N–H and O–H groups in total. The maximum absolute atomic E-state index is 10.7. The number of carboxylic acid groups (broad SMARTS) is 1. The van der Waals surface area contributed by atoms with Crippen molar-refractivity contribution in [1.82, 2.24) is 5.32 Å². The molecule has 0 rings (SSSR count). The van der Waals surface area contributed by atoms with Crippen molar-refractivity contribution < 1.29 is 14.7 Å². The largest absolute Gasteiger partial charge is 0.483 e. The molecule has 0 saturated carbocycles. The highest BCUT2D eigenvalue weighted by molar-refractivity contribution is 5.73. The van der Waals surface area contributed by atoms with Gasteiger partial charge in [-0.3, -0.25) is 9.59 Å². The summed E-state index contributed by atoms with van der Waals surface area (Å²) in [5, 5.41) is 9.84. The molecule has 90 valence electrons. The van der Waals surface area contributed by atoms with Gasteiger partial charge in [-0.05, 0) is 12.8 Å². The highest BCUT2D eigenvalue weighted by Crippen LogP contribution is 2.05. The van der Waals surface area contributed by atoms with Crippen molar-refractivity contribution in [2.75, 3.05) is 0 Å². The van der Waals surface area contributed by atoms with Gasteiger partial charge in [0.1, 0.15) is 0 Å². The molecule has 0 heterocycles. The molecule has 0 aliphatic heterocycles. The van der Waals surface area contributed by atoms with E-state index in [1.54, 1.807) is 6.92 Å². The quantitative estimate of drug-likeness (QED) is 0.529. The summed E-state index contributed by atoms with van der Waals surface area (Å²) in [4.78, 5) is 19.1. The third kappa shape index (κ3) is 15.7. The third-order valence-corrected chi connectivity index (χ3v) is 2.06. The number of nitrogens with one attached hydrogen (secondary N) is 1. The maximum atomic E-state index is 10.7. The number of amides is 1. The van der Waals surface area contributed by atoms with E-state index in [0.29, 0.717) is 6.04 Å². The van der Waals surface area contributed by atoms with Crippen LogP contribution in [0.3, 0.4) is 0 Å². The third-order valence-electron chi connectivity index (χ3n) is 2.06. The van der Waals surface area contributed by atoms with Gasteiger partial charge in [0.15, 0.2) is 0 Å². The molecule has 4 heteroatoms. The maximum Gasteiger partial charge on any atom is 0.290 e. The topological polar surface area (TPSA) is 66.4 Å². The average molecular weight is 217 g/mol. The Kier molecular flexibility index (Phi) is 14.1. The van der Waals surface area contributed by atoms with Crippen LogP contribution in [-0.4, -0.2) is 23.5 Å². The second kappa shape index (κ2) is 12.9. The van der Waals surface area contributed by atoms with Crippen molar-refractivity contribution in [3.05, 3.63) is 0 Å². The van der Waals surface area contributed by atoms with E-state index >= 15 is 0 Å². The second-order valence-corrected chi connectivity index (χ2v) is 3.41. The van der Waals surface area contributed by atoms with Gasteiger partial charge in [0.2, 0.25) is 5.91 Å². The Morgan fingerprint density at radius 1 is 1.40 bits per heavy atom. The van der Waals surface area contributed by atoms with E-state index in [1.165, 1.54) is 19.3 Å². The Bertz CT molecular complexity index is 160. The summed E-state index contributed by atoms with van der Waals surface area (Å²) < 4.78 is 0. The predicted octanol–water partition coefficient (Wildman–Crippen LogP) is 2.18. The molecule has 0 aromatic heterocycles. The average Bonchev–Trinajstić information content (AvgIpc) is 2.17. The lowest BCUT2D eigenvalue weighted by Gasteiger charge is -2.14. The van der Waals surface area contributed by atoms with E-state index in [1.807, 2.05) is 0 Å². The summed E-state index contributed by atoms with van der Waals surface area (Å²) in [5.41, 5.74) is 0. The number of hydrogen-bond donors (Lipinski definition) is 2. The van der Waals surface area contributed by atoms with Crippen LogP contribution in [0.1, 0.15) is 52.9 Å². The van der Waals surface area contributed by atoms with Crippen LogP contribution in [0.25, 0.3) is 0 Å². The first-order chi connectivity index (χ1) is 7.12. The van der Waals surface area contributed by atoms with Crippen LogP contribution in [0.15, 0.2) is 0 Å². The van der Waals surface area contributed by atoms with Crippen LogP contribution in [0.4, 0.5) is 0 Å². The molecule has 1 atom stereocenters. The van der Waals surface area contributed by atoms with Crippen LogP contribution < -0.4 is 5.32 Å². The molecule has 4 nitrogen and oxygen atoms in total. The first kappa shape index (κ1) is 16.4. The van der Waals surface area contributed by atoms with Gasteiger partial charge in [0.05, 0.1) is 0 Å². The standard InChI is InChI=1S/C10H21NO.CH2O2/c1-4-6-7-8-10(5-2)11-9(3)12;2-1-3/h10H,4-8H2,1-3H3,(H,11,12);1H,(H,2,3). The molecule has 0 aliphatic rings. The van der Waals surface area contributed by atoms with Crippen LogP contribution in [0.2, 0.25) is 0 Å². The van der Waals surface area contributed by atoms with Crippen LogP contribution >= 0.6 is 0 Å². The fourth-order valence-corrected chi connectivity index (χ4v) is 1.31. The fraction of sp³-hybridized carbons (Fsp3) is 0.818. The normalized spacial score (nSPS) is 10.9. The molecule has 0 aromatic carbocycles. The lowest BCUT2D eigenvalue weighted by molar-refractivity contribution is -0.123. The molecule has 1 unspecified atom stereocenters. The first-order valence-corrected chi connectivity index (χ1v) is 5.47. The summed E-state index contributed by atoms with van der Waals surface area (Å²) in [6.07, 6.45) is 5.93. The highest BCUT2D eigenvalue weighted by atomic mass is 16.3. The van der Waals surface area contributed by atoms with Crippen molar-refractivity contribution in [3.8, 4) is 0 Å². The van der Waals surface area contributed by atoms with Gasteiger partial charge in [-0.25, -0.2) is 0 Å². The molecule has 1 amide bonds. The summed E-state index contributed by atoms with van der Waals surface area (Å²) >= 11 is 0. The monoisotopic (exact) mass is 217 g/mol. The number of carbonyl (C=O) groups is 2. The van der Waals surface area contributed by atoms with E-state index in [2.05, 4.69) is 19.2 Å². The number of rotatable bonds is 6. The summed E-state index contributed by atoms with van der Waals surface area (Å²) in [7, 11) is 0. The van der Waals surface area contributed by atoms with Crippen LogP contribution in [0, 0.1) is 0 Å². The number of unbranched alkanes of at least 4 members (excludes halogenated alkanes) is 2. The van der Waals surface area contributed by atoms with E-state index in [-0.39, 0.29) is 12.4 Å². The summed E-state index contributed by atoms with van der Waals surface area (Å²) in [5.74, 6) is 0.0957. The van der Waals surface area contributed by atoms with Crippen molar-refractivity contribution >= 4 is 12.4 Å². The molecule has 0 radical (unpaired) electrons. The van der Waals surface area contributed by atoms with Crippen molar-refractivity contribution in [1.29, 1.82) is 0 Å². The lowest BCUT2D eigenvalue weighted by atomic mass is 10.1. The second-order valence-electron chi connectivity index (χ2n) is 3.41. The zero-order valence-electron chi connectivity index (χ0n) is 9.95. The zero-order valence-corrected chi connectivity index (χ0v) is 9.95. The van der Waals surface area contributed by atoms with Crippen molar-refractivity contribution in [2.45, 2.75) is 58.9 Å². The van der Waals surface area contributed by atoms with Gasteiger partial charge >= 0.3 is 0 Å². The van der Waals surface area contributed by atoms with Gasteiger partial charge in [-0.15, -0.1) is 0 Å². The molecular weight excluding hydrogens is 194 g/mol. The minimum atomic E-state index is -0.250. The van der Waals surface area contributed by atoms with Crippen LogP contribution in [0.5, 0.6) is 0 Å². The van der Waals surface area contributed by atoms with Gasteiger partial charge in [-0.1, -0.05) is 33.1 Å². The van der Waals surface area contributed by atoms with E-state index in [9.17, 15) is 4.79 Å². The molecule has 0 bridgehead atoms. The summed E-state index contributed by atoms with van der Waals surface area (Å²) in [6.45, 7) is 5.65. The van der Waals surface area contributed by atoms with E-state index in [0.717, 1.165) is 12.8 Å². The minimum Gasteiger partial charge on any atom is -0.483 e. The number of carbonyl (C=O) groups excluding carboxylic acids is 1. The Hall–Kier alpha value is -1.06. The Morgan fingerprint density at radius 2 is 1.93 bits per heavy atom. The first-order valence-electron chi connectivity index (χ1n) is 5.47. The zero-order chi connectivity index (χ0) is 12.1. The lowest BCUT2D eigenvalue weighted by Crippen LogP contribution is -2.32. The molecular formula is C11H23NO3. The van der Waals surface area contributed by atoms with Crippen molar-refractivity contribution in [3.63, 3.8) is 0 Å². The van der Waals surface area contributed by atoms with Gasteiger partial charge in [0.25, 0.3) is 6.47 Å². The van der Waals surface area contributed by atoms with E-state index in [4.69, 9.17) is 9.90 Å². The Morgan fingerprint density at radius 3 is 2.27 bits per heavy atom. The SMILES string of the molecule is CCCCCC(CC)NC(C)=O.O=CO. The van der Waals surface area contributed by atoms with Gasteiger partial charge < -0.3 is 10.4 Å². The Labute approximate surface area is 92.1 Å². The minimum absolute atomic E-state index is 0.0957. The van der Waals surface area contributed by atoms with Gasteiger partial charge in [-0.2, -0.15) is 0 Å². The molecule has 0 fully saturated rings. The fourth-order valence-electron chi connectivity index (χ4n) is 1.31. The molecule has 15 heavy (non-hydrogen) atoms. The Balaban J connectivity index is 0. The summed E-state index contributed by atoms with van der Waals surface area (Å²) in [6, 6.07) is 0.397. The van der Waals surface area contributed by atoms with Crippen LogP contribution in [-0.2, 0) is 9.59 Å². The predicted molar refractivity (Wildman–Crippen MR) is 60.7 cm³/mol. The van der Waals surface area contributed by atoms with E-state index < -0.39 is 0 Å². The number of hydrogen-bond acceptors (Lipinski definition) is 2. The van der Waals surface area contributed by atoms with Crippen molar-refractivity contribution in [2.24, 2.45) is 0 Å². The van der Waals surface area contributed by atoms with Gasteiger partial charge in [0, 0.05) is 13.0 Å². The highest BCUT2D eigenvalue weighted by Gasteiger charge is 2.05. The molecule has 0 aromatic rings.